The van der Waals surface area contributed by atoms with Crippen LogP contribution in [0.4, 0.5) is 0 Å². The SMILES string of the molecule is C=CCN(C)C(=O)[C@@H]1[C@@H]2CCC3(O2)C(C(=O)N(CC=C)C(C)C)N(CCCCCO)C(=O)[C@H]13. The molecule has 3 fully saturated rings. The van der Waals surface area contributed by atoms with Gasteiger partial charge in [0, 0.05) is 39.3 Å². The standard InChI is InChI=1S/C25H39N3O5/c1-6-13-26(5)22(30)19-18-11-12-25(33-18)20(19)23(31)28(15-9-8-10-16-29)21(25)24(32)27(14-7-2)17(3)4/h6-7,17-21,29H,1-2,8-16H2,3-5H3/t18-,19+,20-,21?,25?/m0/s1. The first-order valence-corrected chi connectivity index (χ1v) is 12.1. The largest absolute Gasteiger partial charge is 0.396 e. The minimum atomic E-state index is -0.973. The molecule has 3 heterocycles. The molecule has 0 radical (unpaired) electrons. The molecule has 33 heavy (non-hydrogen) atoms. The van der Waals surface area contributed by atoms with Crippen LogP contribution in [0.15, 0.2) is 25.3 Å². The average molecular weight is 462 g/mol. The van der Waals surface area contributed by atoms with Gasteiger partial charge in [-0.3, -0.25) is 14.4 Å². The molecule has 3 amide bonds. The Bertz CT molecular complexity index is 784. The van der Waals surface area contributed by atoms with E-state index in [-0.39, 0.29) is 36.5 Å². The number of ether oxygens (including phenoxy) is 1. The summed E-state index contributed by atoms with van der Waals surface area (Å²) in [5.41, 5.74) is -0.973. The van der Waals surface area contributed by atoms with Crippen LogP contribution in [-0.2, 0) is 19.1 Å². The minimum absolute atomic E-state index is 0.0629. The second kappa shape index (κ2) is 10.4. The lowest BCUT2D eigenvalue weighted by Crippen LogP contribution is -2.57. The van der Waals surface area contributed by atoms with Crippen molar-refractivity contribution in [2.45, 2.75) is 69.7 Å². The van der Waals surface area contributed by atoms with Crippen molar-refractivity contribution in [1.29, 1.82) is 0 Å². The summed E-state index contributed by atoms with van der Waals surface area (Å²) < 4.78 is 6.47. The number of likely N-dealkylation sites (N-methyl/N-ethyl adjacent to an activating group) is 1. The Morgan fingerprint density at radius 2 is 1.91 bits per heavy atom. The van der Waals surface area contributed by atoms with Gasteiger partial charge in [-0.05, 0) is 46.0 Å². The van der Waals surface area contributed by atoms with Crippen molar-refractivity contribution >= 4 is 17.7 Å². The van der Waals surface area contributed by atoms with Crippen LogP contribution in [0.5, 0.6) is 0 Å². The van der Waals surface area contributed by atoms with E-state index >= 15 is 0 Å². The zero-order chi connectivity index (χ0) is 24.3. The highest BCUT2D eigenvalue weighted by molar-refractivity contribution is 5.99. The van der Waals surface area contributed by atoms with Gasteiger partial charge >= 0.3 is 0 Å². The first kappa shape index (κ1) is 25.4. The fraction of sp³-hybridized carbons (Fsp3) is 0.720. The number of rotatable bonds is 12. The highest BCUT2D eigenvalue weighted by Gasteiger charge is 2.74. The Balaban J connectivity index is 1.98. The number of nitrogens with zero attached hydrogens (tertiary/aromatic N) is 3. The second-order valence-corrected chi connectivity index (χ2v) is 9.75. The van der Waals surface area contributed by atoms with Gasteiger partial charge in [-0.1, -0.05) is 12.2 Å². The van der Waals surface area contributed by atoms with E-state index in [1.54, 1.807) is 33.9 Å². The Labute approximate surface area is 197 Å². The van der Waals surface area contributed by atoms with Gasteiger partial charge in [0.05, 0.1) is 17.9 Å². The van der Waals surface area contributed by atoms with Crippen LogP contribution in [0, 0.1) is 11.8 Å². The molecule has 1 N–H and O–H groups in total. The predicted octanol–water partition coefficient (Wildman–Crippen LogP) is 1.59. The molecular formula is C25H39N3O5. The molecule has 8 nitrogen and oxygen atoms in total. The van der Waals surface area contributed by atoms with E-state index < -0.39 is 23.5 Å². The monoisotopic (exact) mass is 461 g/mol. The summed E-state index contributed by atoms with van der Waals surface area (Å²) in [6.45, 7) is 12.7. The van der Waals surface area contributed by atoms with E-state index in [1.165, 1.54) is 0 Å². The molecule has 0 aromatic heterocycles. The smallest absolute Gasteiger partial charge is 0.248 e. The lowest BCUT2D eigenvalue weighted by molar-refractivity contribution is -0.149. The molecule has 8 heteroatoms. The maximum absolute atomic E-state index is 13.9. The number of aliphatic hydroxyl groups is 1. The molecule has 0 aliphatic carbocycles. The van der Waals surface area contributed by atoms with Crippen molar-refractivity contribution in [3.63, 3.8) is 0 Å². The van der Waals surface area contributed by atoms with Gasteiger partial charge in [0.25, 0.3) is 0 Å². The number of hydrogen-bond donors (Lipinski definition) is 1. The summed E-state index contributed by atoms with van der Waals surface area (Å²) in [6, 6.07) is -0.814. The lowest BCUT2D eigenvalue weighted by Gasteiger charge is -2.38. The average Bonchev–Trinajstić information content (AvgIpc) is 3.41. The lowest BCUT2D eigenvalue weighted by atomic mass is 9.70. The molecule has 3 aliphatic rings. The van der Waals surface area contributed by atoms with E-state index in [0.717, 1.165) is 6.42 Å². The predicted molar refractivity (Wildman–Crippen MR) is 125 cm³/mol. The van der Waals surface area contributed by atoms with Crippen LogP contribution in [-0.4, -0.2) is 94.6 Å². The fourth-order valence-corrected chi connectivity index (χ4v) is 5.91. The number of likely N-dealkylation sites (tertiary alicyclic amines) is 1. The maximum atomic E-state index is 13.9. The van der Waals surface area contributed by atoms with E-state index in [0.29, 0.717) is 45.3 Å². The quantitative estimate of drug-likeness (QED) is 0.352. The number of fused-ring (bicyclic) bond motifs is 1. The topological polar surface area (TPSA) is 90.4 Å². The number of hydrogen-bond acceptors (Lipinski definition) is 5. The first-order chi connectivity index (χ1) is 15.7. The third-order valence-electron chi connectivity index (χ3n) is 7.39. The minimum Gasteiger partial charge on any atom is -0.396 e. The van der Waals surface area contributed by atoms with Crippen molar-refractivity contribution in [2.75, 3.05) is 33.3 Å². The van der Waals surface area contributed by atoms with E-state index in [1.807, 2.05) is 13.8 Å². The first-order valence-electron chi connectivity index (χ1n) is 12.1. The molecule has 0 saturated carbocycles. The van der Waals surface area contributed by atoms with Gasteiger partial charge in [0.15, 0.2) is 0 Å². The highest BCUT2D eigenvalue weighted by atomic mass is 16.5. The van der Waals surface area contributed by atoms with Crippen LogP contribution in [0.2, 0.25) is 0 Å². The van der Waals surface area contributed by atoms with E-state index in [2.05, 4.69) is 13.2 Å². The summed E-state index contributed by atoms with van der Waals surface area (Å²) in [5.74, 6) is -1.66. The molecule has 2 unspecified atom stereocenters. The molecule has 184 valence electrons. The van der Waals surface area contributed by atoms with E-state index in [9.17, 15) is 14.4 Å². The number of amides is 3. The fourth-order valence-electron chi connectivity index (χ4n) is 5.91. The van der Waals surface area contributed by atoms with Crippen LogP contribution in [0.3, 0.4) is 0 Å². The van der Waals surface area contributed by atoms with Gasteiger partial charge < -0.3 is 24.5 Å². The molecular weight excluding hydrogens is 422 g/mol. The Morgan fingerprint density at radius 1 is 1.21 bits per heavy atom. The van der Waals surface area contributed by atoms with Crippen molar-refractivity contribution in [3.05, 3.63) is 25.3 Å². The number of carbonyl (C=O) groups excluding carboxylic acids is 3. The second-order valence-electron chi connectivity index (χ2n) is 9.75. The molecule has 3 rings (SSSR count). The highest BCUT2D eigenvalue weighted by Crippen LogP contribution is 2.59. The van der Waals surface area contributed by atoms with Gasteiger partial charge in [0.2, 0.25) is 17.7 Å². The van der Waals surface area contributed by atoms with Gasteiger partial charge in [0.1, 0.15) is 11.6 Å². The van der Waals surface area contributed by atoms with Crippen LogP contribution in [0.25, 0.3) is 0 Å². The zero-order valence-electron chi connectivity index (χ0n) is 20.2. The van der Waals surface area contributed by atoms with Crippen LogP contribution >= 0.6 is 0 Å². The van der Waals surface area contributed by atoms with E-state index in [4.69, 9.17) is 9.84 Å². The number of carbonyl (C=O) groups is 3. The maximum Gasteiger partial charge on any atom is 0.248 e. The Morgan fingerprint density at radius 3 is 2.52 bits per heavy atom. The molecule has 1 spiro atoms. The van der Waals surface area contributed by atoms with Crippen LogP contribution in [0.1, 0.15) is 46.0 Å². The molecule has 2 bridgehead atoms. The zero-order valence-corrected chi connectivity index (χ0v) is 20.2. The summed E-state index contributed by atoms with van der Waals surface area (Å²) >= 11 is 0. The van der Waals surface area contributed by atoms with Crippen molar-refractivity contribution in [2.24, 2.45) is 11.8 Å². The summed E-state index contributed by atoms with van der Waals surface area (Å²) in [4.78, 5) is 46.0. The third-order valence-corrected chi connectivity index (χ3v) is 7.39. The van der Waals surface area contributed by atoms with Gasteiger partial charge in [-0.15, -0.1) is 13.2 Å². The Hall–Kier alpha value is -2.19. The van der Waals surface area contributed by atoms with Gasteiger partial charge in [-0.2, -0.15) is 0 Å². The number of unbranched alkanes of at least 4 members (excludes halogenated alkanes) is 2. The summed E-state index contributed by atoms with van der Waals surface area (Å²) in [6.07, 6.45) is 6.34. The summed E-state index contributed by atoms with van der Waals surface area (Å²) in [5, 5.41) is 9.13. The molecule has 0 aromatic rings. The van der Waals surface area contributed by atoms with Crippen molar-refractivity contribution in [3.8, 4) is 0 Å². The number of aliphatic hydroxyl groups excluding tert-OH is 1. The van der Waals surface area contributed by atoms with Gasteiger partial charge in [-0.25, -0.2) is 0 Å². The third kappa shape index (κ3) is 4.35. The Kier molecular flexibility index (Phi) is 8.00. The van der Waals surface area contributed by atoms with Crippen LogP contribution < -0.4 is 0 Å². The van der Waals surface area contributed by atoms with Crippen molar-refractivity contribution in [1.82, 2.24) is 14.7 Å². The normalized spacial score (nSPS) is 30.0. The van der Waals surface area contributed by atoms with Crippen molar-refractivity contribution < 1.29 is 24.2 Å². The molecule has 3 aliphatic heterocycles. The molecule has 0 aromatic carbocycles. The molecule has 5 atom stereocenters. The summed E-state index contributed by atoms with van der Waals surface area (Å²) in [7, 11) is 1.71. The molecule has 3 saturated heterocycles.